The number of methoxy groups -OCH3 is 1. The molecule has 1 N–H and O–H groups in total. The Morgan fingerprint density at radius 2 is 2.04 bits per heavy atom. The van der Waals surface area contributed by atoms with Gasteiger partial charge >= 0.3 is 12.0 Å². The van der Waals surface area contributed by atoms with Crippen LogP contribution in [0.1, 0.15) is 17.3 Å². The van der Waals surface area contributed by atoms with E-state index in [1.54, 1.807) is 0 Å². The molecule has 2 heterocycles. The summed E-state index contributed by atoms with van der Waals surface area (Å²) in [4.78, 5) is 37.1. The third-order valence-electron chi connectivity index (χ3n) is 3.82. The summed E-state index contributed by atoms with van der Waals surface area (Å²) in [5.41, 5.74) is 0.159. The Bertz CT molecular complexity index is 701. The second-order valence-corrected chi connectivity index (χ2v) is 5.47. The average molecular weight is 350 g/mol. The fourth-order valence-corrected chi connectivity index (χ4v) is 2.57. The number of esters is 1. The van der Waals surface area contributed by atoms with Gasteiger partial charge in [-0.2, -0.15) is 0 Å². The number of ether oxygens (including phenoxy) is 4. The maximum atomic E-state index is 12.4. The Morgan fingerprint density at radius 1 is 1.28 bits per heavy atom. The molecule has 0 bridgehead atoms. The van der Waals surface area contributed by atoms with Gasteiger partial charge in [-0.1, -0.05) is 0 Å². The van der Waals surface area contributed by atoms with Crippen LogP contribution in [0.15, 0.2) is 12.1 Å². The van der Waals surface area contributed by atoms with Crippen molar-refractivity contribution < 1.29 is 33.3 Å². The molecule has 9 heteroatoms. The van der Waals surface area contributed by atoms with Crippen LogP contribution in [0.2, 0.25) is 0 Å². The zero-order chi connectivity index (χ0) is 18.0. The molecule has 1 saturated heterocycles. The van der Waals surface area contributed by atoms with Crippen molar-refractivity contribution >= 4 is 17.9 Å². The van der Waals surface area contributed by atoms with Gasteiger partial charge in [-0.15, -0.1) is 0 Å². The minimum Gasteiger partial charge on any atom is -0.493 e. The van der Waals surface area contributed by atoms with E-state index >= 15 is 0 Å². The van der Waals surface area contributed by atoms with Gasteiger partial charge in [0.2, 0.25) is 5.75 Å². The SMILES string of the molecule is COc1cc(C(=O)OC(C)C(=O)N2CCNC2=O)cc2c1OCCO2. The van der Waals surface area contributed by atoms with Gasteiger partial charge in [-0.3, -0.25) is 9.69 Å². The molecule has 1 atom stereocenters. The van der Waals surface area contributed by atoms with Crippen LogP contribution in [-0.2, 0) is 9.53 Å². The number of urea groups is 1. The highest BCUT2D eigenvalue weighted by molar-refractivity contribution is 5.99. The fraction of sp³-hybridized carbons (Fsp3) is 0.438. The lowest BCUT2D eigenvalue weighted by Gasteiger charge is -2.22. The Hall–Kier alpha value is -2.97. The lowest BCUT2D eigenvalue weighted by Crippen LogP contribution is -2.41. The standard InChI is InChI=1S/C16H18N2O7/c1-9(14(19)18-4-3-17-16(18)21)25-15(20)10-7-11(22-2)13-12(8-10)23-5-6-24-13/h7-9H,3-6H2,1-2H3,(H,17,21). The van der Waals surface area contributed by atoms with E-state index in [0.29, 0.717) is 37.0 Å². The summed E-state index contributed by atoms with van der Waals surface area (Å²) in [6.07, 6.45) is -1.10. The van der Waals surface area contributed by atoms with E-state index in [4.69, 9.17) is 18.9 Å². The van der Waals surface area contributed by atoms with Crippen molar-refractivity contribution in [2.24, 2.45) is 0 Å². The van der Waals surface area contributed by atoms with E-state index in [9.17, 15) is 14.4 Å². The van der Waals surface area contributed by atoms with Crippen molar-refractivity contribution in [3.8, 4) is 17.2 Å². The van der Waals surface area contributed by atoms with Gasteiger partial charge in [0.1, 0.15) is 13.2 Å². The molecule has 3 amide bonds. The molecule has 0 spiro atoms. The molecule has 2 aliphatic heterocycles. The number of amides is 3. The van der Waals surface area contributed by atoms with Crippen LogP contribution >= 0.6 is 0 Å². The molecule has 134 valence electrons. The number of hydrogen-bond donors (Lipinski definition) is 1. The number of rotatable bonds is 4. The lowest BCUT2D eigenvalue weighted by atomic mass is 10.1. The van der Waals surface area contributed by atoms with Gasteiger partial charge in [-0.25, -0.2) is 9.59 Å². The summed E-state index contributed by atoms with van der Waals surface area (Å²) in [7, 11) is 1.45. The largest absolute Gasteiger partial charge is 0.493 e. The highest BCUT2D eigenvalue weighted by Crippen LogP contribution is 2.40. The normalized spacial score (nSPS) is 16.9. The summed E-state index contributed by atoms with van der Waals surface area (Å²) >= 11 is 0. The number of nitrogens with zero attached hydrogens (tertiary/aromatic N) is 1. The minimum atomic E-state index is -1.10. The first-order valence-corrected chi connectivity index (χ1v) is 7.79. The maximum Gasteiger partial charge on any atom is 0.339 e. The first kappa shape index (κ1) is 16.9. The number of fused-ring (bicyclic) bond motifs is 1. The van der Waals surface area contributed by atoms with Crippen molar-refractivity contribution in [2.75, 3.05) is 33.4 Å². The van der Waals surface area contributed by atoms with Crippen molar-refractivity contribution in [3.63, 3.8) is 0 Å². The van der Waals surface area contributed by atoms with Gasteiger partial charge in [0.25, 0.3) is 5.91 Å². The molecule has 3 rings (SSSR count). The zero-order valence-corrected chi connectivity index (χ0v) is 13.9. The van der Waals surface area contributed by atoms with Crippen molar-refractivity contribution in [1.82, 2.24) is 10.2 Å². The summed E-state index contributed by atoms with van der Waals surface area (Å²) in [5.74, 6) is -0.177. The molecular weight excluding hydrogens is 332 g/mol. The molecule has 25 heavy (non-hydrogen) atoms. The highest BCUT2D eigenvalue weighted by atomic mass is 16.6. The topological polar surface area (TPSA) is 103 Å². The maximum absolute atomic E-state index is 12.4. The second kappa shape index (κ2) is 6.88. The van der Waals surface area contributed by atoms with Crippen LogP contribution < -0.4 is 19.5 Å². The van der Waals surface area contributed by atoms with E-state index in [0.717, 1.165) is 4.90 Å². The Morgan fingerprint density at radius 3 is 2.72 bits per heavy atom. The molecule has 0 radical (unpaired) electrons. The van der Waals surface area contributed by atoms with Crippen molar-refractivity contribution in [1.29, 1.82) is 0 Å². The van der Waals surface area contributed by atoms with Crippen LogP contribution in [0.5, 0.6) is 17.2 Å². The molecule has 1 fully saturated rings. The second-order valence-electron chi connectivity index (χ2n) is 5.47. The number of carbonyl (C=O) groups excluding carboxylic acids is 3. The minimum absolute atomic E-state index is 0.159. The Labute approximate surface area is 143 Å². The van der Waals surface area contributed by atoms with Gasteiger partial charge < -0.3 is 24.3 Å². The number of imide groups is 1. The molecule has 1 aromatic rings. The van der Waals surface area contributed by atoms with E-state index in [1.165, 1.54) is 26.2 Å². The van der Waals surface area contributed by atoms with Crippen LogP contribution in [0.4, 0.5) is 4.79 Å². The van der Waals surface area contributed by atoms with Crippen molar-refractivity contribution in [2.45, 2.75) is 13.0 Å². The quantitative estimate of drug-likeness (QED) is 0.792. The van der Waals surface area contributed by atoms with Gasteiger partial charge in [0.05, 0.1) is 12.7 Å². The molecule has 9 nitrogen and oxygen atoms in total. The number of benzene rings is 1. The van der Waals surface area contributed by atoms with Crippen LogP contribution in [0.25, 0.3) is 0 Å². The third-order valence-corrected chi connectivity index (χ3v) is 3.82. The summed E-state index contributed by atoms with van der Waals surface area (Å²) in [6.45, 7) is 2.79. The molecule has 0 aromatic heterocycles. The molecule has 0 aliphatic carbocycles. The lowest BCUT2D eigenvalue weighted by molar-refractivity contribution is -0.136. The Balaban J connectivity index is 1.74. The van der Waals surface area contributed by atoms with E-state index in [-0.39, 0.29) is 12.1 Å². The number of nitrogens with one attached hydrogen (secondary N) is 1. The predicted molar refractivity (Wildman–Crippen MR) is 84.0 cm³/mol. The van der Waals surface area contributed by atoms with Gasteiger partial charge in [-0.05, 0) is 19.1 Å². The van der Waals surface area contributed by atoms with Crippen molar-refractivity contribution in [3.05, 3.63) is 17.7 Å². The first-order chi connectivity index (χ1) is 12.0. The van der Waals surface area contributed by atoms with Crippen LogP contribution in [0.3, 0.4) is 0 Å². The van der Waals surface area contributed by atoms with Crippen LogP contribution in [0, 0.1) is 0 Å². The molecule has 1 aromatic carbocycles. The average Bonchev–Trinajstić information content (AvgIpc) is 3.05. The molecule has 0 saturated carbocycles. The van der Waals surface area contributed by atoms with Gasteiger partial charge in [0, 0.05) is 13.1 Å². The van der Waals surface area contributed by atoms with E-state index in [2.05, 4.69) is 5.32 Å². The molecule has 1 unspecified atom stereocenters. The zero-order valence-electron chi connectivity index (χ0n) is 13.9. The Kier molecular flexibility index (Phi) is 4.64. The first-order valence-electron chi connectivity index (χ1n) is 7.79. The summed E-state index contributed by atoms with van der Waals surface area (Å²) < 4.78 is 21.3. The van der Waals surface area contributed by atoms with E-state index in [1.807, 2.05) is 0 Å². The molecule has 2 aliphatic rings. The highest BCUT2D eigenvalue weighted by Gasteiger charge is 2.32. The van der Waals surface area contributed by atoms with E-state index < -0.39 is 24.0 Å². The predicted octanol–water partition coefficient (Wildman–Crippen LogP) is 0.563. The smallest absolute Gasteiger partial charge is 0.339 e. The number of hydrogen-bond acceptors (Lipinski definition) is 7. The van der Waals surface area contributed by atoms with Gasteiger partial charge in [0.15, 0.2) is 17.6 Å². The number of carbonyl (C=O) groups is 3. The van der Waals surface area contributed by atoms with Crippen LogP contribution in [-0.4, -0.2) is 62.3 Å². The summed E-state index contributed by atoms with van der Waals surface area (Å²) in [6, 6.07) is 2.43. The molecular formula is C16H18N2O7. The fourth-order valence-electron chi connectivity index (χ4n) is 2.57. The monoisotopic (exact) mass is 350 g/mol. The summed E-state index contributed by atoms with van der Waals surface area (Å²) in [5, 5.41) is 2.52. The third kappa shape index (κ3) is 3.30.